The Hall–Kier alpha value is -1.49. The van der Waals surface area contributed by atoms with Crippen molar-refractivity contribution in [1.82, 2.24) is 14.8 Å². The van der Waals surface area contributed by atoms with Gasteiger partial charge < -0.3 is 5.73 Å². The third-order valence-electron chi connectivity index (χ3n) is 1.95. The van der Waals surface area contributed by atoms with Gasteiger partial charge in [-0.15, -0.1) is 11.8 Å². The van der Waals surface area contributed by atoms with Crippen molar-refractivity contribution < 1.29 is 0 Å². The summed E-state index contributed by atoms with van der Waals surface area (Å²) in [7, 11) is 1.91. The van der Waals surface area contributed by atoms with Gasteiger partial charge in [0.15, 0.2) is 0 Å². The first-order valence-corrected chi connectivity index (χ1v) is 5.55. The minimum atomic E-state index is 0.721. The van der Waals surface area contributed by atoms with Crippen molar-refractivity contribution >= 4 is 17.4 Å². The first-order chi connectivity index (χ1) is 7.25. The Labute approximate surface area is 92.5 Å². The molecule has 0 unspecified atom stereocenters. The Kier molecular flexibility index (Phi) is 2.91. The number of thioether (sulfide) groups is 1. The van der Waals surface area contributed by atoms with Crippen molar-refractivity contribution in [2.75, 3.05) is 5.73 Å². The van der Waals surface area contributed by atoms with Crippen molar-refractivity contribution in [3.63, 3.8) is 0 Å². The molecule has 0 aromatic carbocycles. The highest BCUT2D eigenvalue weighted by Gasteiger charge is 2.01. The van der Waals surface area contributed by atoms with Crippen LogP contribution >= 0.6 is 11.8 Å². The van der Waals surface area contributed by atoms with E-state index in [0.717, 1.165) is 22.0 Å². The van der Waals surface area contributed by atoms with Crippen molar-refractivity contribution in [3.05, 3.63) is 36.4 Å². The number of aryl methyl sites for hydroxylation is 1. The number of aromatic nitrogens is 3. The van der Waals surface area contributed by atoms with Gasteiger partial charge in [0, 0.05) is 30.1 Å². The zero-order valence-corrected chi connectivity index (χ0v) is 9.24. The first kappa shape index (κ1) is 10.0. The molecule has 2 N–H and O–H groups in total. The van der Waals surface area contributed by atoms with E-state index in [9.17, 15) is 0 Å². The maximum atomic E-state index is 5.78. The first-order valence-electron chi connectivity index (χ1n) is 4.56. The zero-order chi connectivity index (χ0) is 10.7. The fourth-order valence-electron chi connectivity index (χ4n) is 1.22. The average molecular weight is 220 g/mol. The molecule has 2 rings (SSSR count). The van der Waals surface area contributed by atoms with Crippen LogP contribution < -0.4 is 5.73 Å². The molecule has 0 amide bonds. The monoisotopic (exact) mass is 220 g/mol. The highest BCUT2D eigenvalue weighted by atomic mass is 32.2. The minimum Gasteiger partial charge on any atom is -0.397 e. The Bertz CT molecular complexity index is 452. The van der Waals surface area contributed by atoms with Crippen LogP contribution in [0.3, 0.4) is 0 Å². The van der Waals surface area contributed by atoms with E-state index < -0.39 is 0 Å². The van der Waals surface area contributed by atoms with Crippen molar-refractivity contribution in [2.45, 2.75) is 10.6 Å². The van der Waals surface area contributed by atoms with Gasteiger partial charge in [0.2, 0.25) is 0 Å². The number of anilines is 1. The van der Waals surface area contributed by atoms with E-state index in [1.807, 2.05) is 25.4 Å². The van der Waals surface area contributed by atoms with Crippen LogP contribution in [-0.2, 0) is 12.8 Å². The summed E-state index contributed by atoms with van der Waals surface area (Å²) in [5.74, 6) is 0.828. The average Bonchev–Trinajstić information content (AvgIpc) is 2.63. The molecule has 0 aliphatic carbocycles. The van der Waals surface area contributed by atoms with E-state index in [1.54, 1.807) is 28.8 Å². The topological polar surface area (TPSA) is 56.7 Å². The van der Waals surface area contributed by atoms with Crippen LogP contribution in [0.5, 0.6) is 0 Å². The summed E-state index contributed by atoms with van der Waals surface area (Å²) in [6, 6.07) is 3.92. The minimum absolute atomic E-state index is 0.721. The van der Waals surface area contributed by atoms with Crippen molar-refractivity contribution in [3.8, 4) is 0 Å². The Balaban J connectivity index is 2.02. The van der Waals surface area contributed by atoms with E-state index in [1.165, 1.54) is 0 Å². The van der Waals surface area contributed by atoms with Crippen molar-refractivity contribution in [1.29, 1.82) is 0 Å². The van der Waals surface area contributed by atoms with Gasteiger partial charge in [0.25, 0.3) is 0 Å². The number of nitrogen functional groups attached to an aromatic ring is 1. The lowest BCUT2D eigenvalue weighted by molar-refractivity contribution is 0.755. The van der Waals surface area contributed by atoms with E-state index in [2.05, 4.69) is 10.1 Å². The molecule has 0 aliphatic heterocycles. The van der Waals surface area contributed by atoms with Gasteiger partial charge >= 0.3 is 0 Å². The molecule has 4 nitrogen and oxygen atoms in total. The van der Waals surface area contributed by atoms with E-state index in [0.29, 0.717) is 0 Å². The SMILES string of the molecule is Cn1ccc(CSc2ccncc2N)n1. The summed E-state index contributed by atoms with van der Waals surface area (Å²) in [6.45, 7) is 0. The Morgan fingerprint density at radius 3 is 3.00 bits per heavy atom. The third kappa shape index (κ3) is 2.50. The second-order valence-electron chi connectivity index (χ2n) is 3.18. The fourth-order valence-corrected chi connectivity index (χ4v) is 2.05. The van der Waals surface area contributed by atoms with Crippen LogP contribution in [0.25, 0.3) is 0 Å². The van der Waals surface area contributed by atoms with Gasteiger partial charge in [-0.3, -0.25) is 9.67 Å². The fraction of sp³-hybridized carbons (Fsp3) is 0.200. The number of pyridine rings is 1. The lowest BCUT2D eigenvalue weighted by atomic mass is 10.4. The molecule has 2 aromatic rings. The third-order valence-corrected chi connectivity index (χ3v) is 3.08. The highest BCUT2D eigenvalue weighted by Crippen LogP contribution is 2.26. The number of hydrogen-bond acceptors (Lipinski definition) is 4. The number of nitrogens with zero attached hydrogens (tertiary/aromatic N) is 3. The van der Waals surface area contributed by atoms with Crippen LogP contribution in [0, 0.1) is 0 Å². The van der Waals surface area contributed by atoms with Gasteiger partial charge in [-0.05, 0) is 12.1 Å². The van der Waals surface area contributed by atoms with Crippen LogP contribution in [0.15, 0.2) is 35.6 Å². The van der Waals surface area contributed by atoms with E-state index in [4.69, 9.17) is 5.73 Å². The largest absolute Gasteiger partial charge is 0.397 e. The van der Waals surface area contributed by atoms with Gasteiger partial charge in [-0.1, -0.05) is 0 Å². The molecule has 78 valence electrons. The summed E-state index contributed by atoms with van der Waals surface area (Å²) in [4.78, 5) is 5.00. The smallest absolute Gasteiger partial charge is 0.0727 e. The van der Waals surface area contributed by atoms with Gasteiger partial charge in [-0.25, -0.2) is 0 Å². The molecule has 2 heterocycles. The van der Waals surface area contributed by atoms with Crippen LogP contribution in [0.2, 0.25) is 0 Å². The number of hydrogen-bond donors (Lipinski definition) is 1. The van der Waals surface area contributed by atoms with Crippen molar-refractivity contribution in [2.24, 2.45) is 7.05 Å². The van der Waals surface area contributed by atoms with Crippen LogP contribution in [0.4, 0.5) is 5.69 Å². The lowest BCUT2D eigenvalue weighted by Gasteiger charge is -2.02. The number of nitrogens with two attached hydrogens (primary N) is 1. The molecule has 0 spiro atoms. The highest BCUT2D eigenvalue weighted by molar-refractivity contribution is 7.98. The summed E-state index contributed by atoms with van der Waals surface area (Å²) in [5, 5.41) is 4.29. The van der Waals surface area contributed by atoms with E-state index in [-0.39, 0.29) is 0 Å². The number of rotatable bonds is 3. The molecule has 0 bridgehead atoms. The lowest BCUT2D eigenvalue weighted by Crippen LogP contribution is -1.91. The van der Waals surface area contributed by atoms with Gasteiger partial charge in [0.05, 0.1) is 17.6 Å². The standard InChI is InChI=1S/C10H12N4S/c1-14-5-3-8(13-14)7-15-10-2-4-12-6-9(10)11/h2-6H,7,11H2,1H3. The molecule has 2 aromatic heterocycles. The maximum absolute atomic E-state index is 5.78. The van der Waals surface area contributed by atoms with Crippen LogP contribution in [0.1, 0.15) is 5.69 Å². The summed E-state index contributed by atoms with van der Waals surface area (Å²) >= 11 is 1.67. The molecule has 0 saturated heterocycles. The molecule has 0 radical (unpaired) electrons. The Morgan fingerprint density at radius 2 is 2.33 bits per heavy atom. The molecule has 5 heteroatoms. The van der Waals surface area contributed by atoms with Gasteiger partial charge in [0.1, 0.15) is 0 Å². The molecule has 0 atom stereocenters. The molecule has 15 heavy (non-hydrogen) atoms. The molecule has 0 saturated carbocycles. The Morgan fingerprint density at radius 1 is 1.47 bits per heavy atom. The summed E-state index contributed by atoms with van der Waals surface area (Å²) in [5.41, 5.74) is 7.56. The normalized spacial score (nSPS) is 10.5. The quantitative estimate of drug-likeness (QED) is 0.800. The molecule has 0 aliphatic rings. The van der Waals surface area contributed by atoms with Gasteiger partial charge in [-0.2, -0.15) is 5.10 Å². The van der Waals surface area contributed by atoms with E-state index >= 15 is 0 Å². The maximum Gasteiger partial charge on any atom is 0.0727 e. The summed E-state index contributed by atoms with van der Waals surface area (Å²) in [6.07, 6.45) is 5.35. The predicted octanol–water partition coefficient (Wildman–Crippen LogP) is 1.69. The zero-order valence-electron chi connectivity index (χ0n) is 8.42. The molecular formula is C10H12N4S. The van der Waals surface area contributed by atoms with Crippen LogP contribution in [-0.4, -0.2) is 14.8 Å². The second kappa shape index (κ2) is 4.35. The molecule has 0 fully saturated rings. The second-order valence-corrected chi connectivity index (χ2v) is 4.20. The predicted molar refractivity (Wildman–Crippen MR) is 61.4 cm³/mol. The summed E-state index contributed by atoms with van der Waals surface area (Å²) < 4.78 is 1.80. The molecular weight excluding hydrogens is 208 g/mol.